The van der Waals surface area contributed by atoms with Crippen LogP contribution in [0.2, 0.25) is 5.02 Å². The van der Waals surface area contributed by atoms with E-state index in [4.69, 9.17) is 25.5 Å². The first-order valence-electron chi connectivity index (χ1n) is 13.2. The van der Waals surface area contributed by atoms with Crippen LogP contribution in [0.1, 0.15) is 38.8 Å². The minimum Gasteiger partial charge on any atom is -0.487 e. The van der Waals surface area contributed by atoms with Crippen molar-refractivity contribution in [3.63, 3.8) is 0 Å². The van der Waals surface area contributed by atoms with Crippen LogP contribution in [-0.2, 0) is 13.2 Å². The normalized spacial score (nSPS) is 11.0. The maximum atomic E-state index is 12.5. The quantitative estimate of drug-likeness (QED) is 0.0977. The Labute approximate surface area is 252 Å². The highest BCUT2D eigenvalue weighted by Gasteiger charge is 2.12. The summed E-state index contributed by atoms with van der Waals surface area (Å²) >= 11 is 6.33. The number of hydrazone groups is 1. The molecular weight excluding hydrogens is 572 g/mol. The Bertz CT molecular complexity index is 1760. The molecule has 10 nitrogen and oxygen atoms in total. The van der Waals surface area contributed by atoms with Crippen LogP contribution in [0.15, 0.2) is 101 Å². The third-order valence-electron chi connectivity index (χ3n) is 6.51. The molecule has 11 heteroatoms. The van der Waals surface area contributed by atoms with E-state index in [-0.39, 0.29) is 24.7 Å². The van der Waals surface area contributed by atoms with Gasteiger partial charge in [-0.1, -0.05) is 11.6 Å². The summed E-state index contributed by atoms with van der Waals surface area (Å²) in [7, 11) is 0. The van der Waals surface area contributed by atoms with Crippen molar-refractivity contribution >= 4 is 29.4 Å². The van der Waals surface area contributed by atoms with Crippen molar-refractivity contribution in [2.45, 2.75) is 27.1 Å². The van der Waals surface area contributed by atoms with Crippen LogP contribution in [0.5, 0.6) is 11.5 Å². The van der Waals surface area contributed by atoms with Crippen LogP contribution in [0, 0.1) is 24.0 Å². The van der Waals surface area contributed by atoms with E-state index >= 15 is 0 Å². The van der Waals surface area contributed by atoms with E-state index in [9.17, 15) is 14.9 Å². The Kier molecular flexibility index (Phi) is 8.88. The second-order valence-corrected chi connectivity index (χ2v) is 10.0. The summed E-state index contributed by atoms with van der Waals surface area (Å²) in [5, 5.41) is 15.1. The number of halogens is 1. The molecule has 2 aromatic heterocycles. The lowest BCUT2D eigenvalue weighted by atomic mass is 10.2. The van der Waals surface area contributed by atoms with Gasteiger partial charge in [0.2, 0.25) is 0 Å². The standard InChI is InChI=1S/C32H27ClN4O6/c1-21-3-4-22(2)36(21)25-10-12-27(13-11-25)41-20-28-14-16-31(43-28)32(38)35-34-18-24-7-15-30(29(33)17-24)42-19-23-5-8-26(9-6-23)37(39)40/h3-18H,19-20H2,1-2H3,(H,35,38)/b34-18+. The molecule has 5 aromatic rings. The molecule has 0 spiro atoms. The maximum Gasteiger partial charge on any atom is 0.307 e. The van der Waals surface area contributed by atoms with Crippen molar-refractivity contribution in [1.29, 1.82) is 0 Å². The van der Waals surface area contributed by atoms with Crippen LogP contribution >= 0.6 is 11.6 Å². The van der Waals surface area contributed by atoms with Gasteiger partial charge in [-0.15, -0.1) is 0 Å². The zero-order chi connectivity index (χ0) is 30.3. The molecule has 218 valence electrons. The van der Waals surface area contributed by atoms with Gasteiger partial charge in [0.1, 0.15) is 30.5 Å². The number of carbonyl (C=O) groups is 1. The van der Waals surface area contributed by atoms with Crippen molar-refractivity contribution in [3.05, 3.63) is 140 Å². The van der Waals surface area contributed by atoms with Crippen molar-refractivity contribution < 1.29 is 23.6 Å². The Morgan fingerprint density at radius 2 is 1.67 bits per heavy atom. The van der Waals surface area contributed by atoms with Crippen molar-refractivity contribution in [3.8, 4) is 17.2 Å². The fourth-order valence-corrected chi connectivity index (χ4v) is 4.55. The van der Waals surface area contributed by atoms with Gasteiger partial charge in [0.05, 0.1) is 16.2 Å². The van der Waals surface area contributed by atoms with Gasteiger partial charge >= 0.3 is 5.91 Å². The van der Waals surface area contributed by atoms with Gasteiger partial charge in [0.15, 0.2) is 5.76 Å². The zero-order valence-electron chi connectivity index (χ0n) is 23.3. The largest absolute Gasteiger partial charge is 0.487 e. The van der Waals surface area contributed by atoms with E-state index in [1.807, 2.05) is 24.3 Å². The molecule has 0 unspecified atom stereocenters. The molecule has 0 aliphatic carbocycles. The number of carbonyl (C=O) groups excluding carboxylic acids is 1. The molecule has 43 heavy (non-hydrogen) atoms. The first-order chi connectivity index (χ1) is 20.8. The number of amides is 1. The maximum absolute atomic E-state index is 12.5. The number of hydrogen-bond donors (Lipinski definition) is 1. The second kappa shape index (κ2) is 13.1. The van der Waals surface area contributed by atoms with Crippen LogP contribution in [0.3, 0.4) is 0 Å². The monoisotopic (exact) mass is 598 g/mol. The van der Waals surface area contributed by atoms with E-state index in [1.54, 1.807) is 42.5 Å². The second-order valence-electron chi connectivity index (χ2n) is 9.60. The van der Waals surface area contributed by atoms with E-state index in [1.165, 1.54) is 18.3 Å². The number of rotatable bonds is 11. The highest BCUT2D eigenvalue weighted by Crippen LogP contribution is 2.26. The minimum absolute atomic E-state index is 0.00926. The SMILES string of the molecule is Cc1ccc(C)n1-c1ccc(OCc2ccc(C(=O)N/N=C/c3ccc(OCc4ccc([N+](=O)[O-])cc4)c(Cl)c3)o2)cc1. The van der Waals surface area contributed by atoms with E-state index in [0.29, 0.717) is 27.8 Å². The number of nitrogens with one attached hydrogen (secondary N) is 1. The van der Waals surface area contributed by atoms with Crippen LogP contribution in [0.4, 0.5) is 5.69 Å². The Morgan fingerprint density at radius 3 is 2.35 bits per heavy atom. The molecule has 0 aliphatic heterocycles. The average molecular weight is 599 g/mol. The molecule has 0 radical (unpaired) electrons. The first-order valence-corrected chi connectivity index (χ1v) is 13.6. The predicted molar refractivity (Wildman–Crippen MR) is 162 cm³/mol. The molecule has 5 rings (SSSR count). The van der Waals surface area contributed by atoms with Crippen molar-refractivity contribution in [2.24, 2.45) is 5.10 Å². The van der Waals surface area contributed by atoms with Gasteiger partial charge < -0.3 is 18.5 Å². The number of ether oxygens (including phenoxy) is 2. The smallest absolute Gasteiger partial charge is 0.307 e. The predicted octanol–water partition coefficient (Wildman–Crippen LogP) is 7.17. The summed E-state index contributed by atoms with van der Waals surface area (Å²) in [4.78, 5) is 22.8. The molecule has 0 aliphatic rings. The number of non-ortho nitro benzene ring substituents is 1. The summed E-state index contributed by atoms with van der Waals surface area (Å²) in [6, 6.07) is 26.3. The summed E-state index contributed by atoms with van der Waals surface area (Å²) < 4.78 is 19.3. The molecule has 0 bridgehead atoms. The number of aromatic nitrogens is 1. The number of furan rings is 1. The molecular formula is C32H27ClN4O6. The molecule has 0 atom stereocenters. The minimum atomic E-state index is -0.515. The van der Waals surface area contributed by atoms with Crippen molar-refractivity contribution in [2.75, 3.05) is 0 Å². The fourth-order valence-electron chi connectivity index (χ4n) is 4.31. The van der Waals surface area contributed by atoms with Crippen LogP contribution in [-0.4, -0.2) is 21.6 Å². The van der Waals surface area contributed by atoms with E-state index in [2.05, 4.69) is 41.1 Å². The Hall–Kier alpha value is -5.35. The molecule has 3 aromatic carbocycles. The number of nitro groups is 1. The highest BCUT2D eigenvalue weighted by molar-refractivity contribution is 6.32. The molecule has 0 saturated carbocycles. The number of benzene rings is 3. The lowest BCUT2D eigenvalue weighted by molar-refractivity contribution is -0.384. The topological polar surface area (TPSA) is 121 Å². The number of hydrogen-bond acceptors (Lipinski definition) is 7. The van der Waals surface area contributed by atoms with Gasteiger partial charge in [-0.25, -0.2) is 5.43 Å². The van der Waals surface area contributed by atoms with Gasteiger partial charge in [0, 0.05) is 29.2 Å². The van der Waals surface area contributed by atoms with Gasteiger partial charge in [-0.05, 0) is 104 Å². The number of nitro benzene ring substituents is 1. The van der Waals surface area contributed by atoms with Gasteiger partial charge in [-0.3, -0.25) is 14.9 Å². The van der Waals surface area contributed by atoms with Crippen LogP contribution in [0.25, 0.3) is 5.69 Å². The van der Waals surface area contributed by atoms with E-state index < -0.39 is 10.8 Å². The summed E-state index contributed by atoms with van der Waals surface area (Å²) in [6.07, 6.45) is 1.44. The molecule has 0 saturated heterocycles. The van der Waals surface area contributed by atoms with Crippen LogP contribution < -0.4 is 14.9 Å². The molecule has 2 heterocycles. The summed E-state index contributed by atoms with van der Waals surface area (Å²) in [6.45, 7) is 4.48. The Morgan fingerprint density at radius 1 is 0.953 bits per heavy atom. The third-order valence-corrected chi connectivity index (χ3v) is 6.81. The molecule has 1 amide bonds. The fraction of sp³-hybridized carbons (Fsp3) is 0.125. The van der Waals surface area contributed by atoms with E-state index in [0.717, 1.165) is 22.6 Å². The average Bonchev–Trinajstić information content (AvgIpc) is 3.62. The highest BCUT2D eigenvalue weighted by atomic mass is 35.5. The lowest BCUT2D eigenvalue weighted by Crippen LogP contribution is -2.16. The lowest BCUT2D eigenvalue weighted by Gasteiger charge is -2.10. The van der Waals surface area contributed by atoms with Gasteiger partial charge in [-0.2, -0.15) is 5.10 Å². The zero-order valence-corrected chi connectivity index (χ0v) is 24.1. The van der Waals surface area contributed by atoms with Crippen molar-refractivity contribution in [1.82, 2.24) is 9.99 Å². The number of nitrogens with zero attached hydrogens (tertiary/aromatic N) is 3. The summed E-state index contributed by atoms with van der Waals surface area (Å²) in [5.41, 5.74) is 7.19. The summed E-state index contributed by atoms with van der Waals surface area (Å²) in [5.74, 6) is 1.19. The molecule has 0 fully saturated rings. The Balaban J connectivity index is 1.09. The van der Waals surface area contributed by atoms with Gasteiger partial charge in [0.25, 0.3) is 5.69 Å². The first kappa shape index (κ1) is 29.2. The number of aryl methyl sites for hydroxylation is 2. The molecule has 1 N–H and O–H groups in total. The third kappa shape index (κ3) is 7.30.